The molecule has 3 heterocycles. The molecule has 5 heteroatoms. The Balaban J connectivity index is 1.12. The normalized spacial score (nSPS) is 11.5. The van der Waals surface area contributed by atoms with Gasteiger partial charge in [0.1, 0.15) is 0 Å². The minimum absolute atomic E-state index is 0.600. The highest BCUT2D eigenvalue weighted by Crippen LogP contribution is 2.39. The van der Waals surface area contributed by atoms with E-state index in [-0.39, 0.29) is 0 Å². The zero-order valence-corrected chi connectivity index (χ0v) is 33.6. The van der Waals surface area contributed by atoms with Crippen molar-refractivity contribution in [2.75, 3.05) is 0 Å². The Bertz CT molecular complexity index is 3570. The van der Waals surface area contributed by atoms with Crippen molar-refractivity contribution < 1.29 is 0 Å². The average Bonchev–Trinajstić information content (AvgIpc) is 3.87. The predicted octanol–water partition coefficient (Wildman–Crippen LogP) is 14.4. The second-order valence-corrected chi connectivity index (χ2v) is 15.6. The number of hydrogen-bond donors (Lipinski definition) is 0. The minimum atomic E-state index is 0.600. The van der Waals surface area contributed by atoms with Gasteiger partial charge < -0.3 is 9.13 Å². The number of rotatable bonds is 7. The number of hydrogen-bond acceptors (Lipinski definition) is 3. The number of nitrogens with zero attached hydrogens (tertiary/aromatic N) is 5. The van der Waals surface area contributed by atoms with Crippen molar-refractivity contribution in [1.29, 1.82) is 0 Å². The lowest BCUT2D eigenvalue weighted by molar-refractivity contribution is 1.07. The van der Waals surface area contributed by atoms with Crippen molar-refractivity contribution in [3.63, 3.8) is 0 Å². The van der Waals surface area contributed by atoms with Crippen LogP contribution in [0.15, 0.2) is 224 Å². The molecule has 62 heavy (non-hydrogen) atoms. The Morgan fingerprint density at radius 1 is 0.242 bits per heavy atom. The molecule has 5 nitrogen and oxygen atoms in total. The second kappa shape index (κ2) is 14.7. The predicted molar refractivity (Wildman–Crippen MR) is 256 cm³/mol. The van der Waals surface area contributed by atoms with Gasteiger partial charge in [-0.3, -0.25) is 0 Å². The van der Waals surface area contributed by atoms with Crippen molar-refractivity contribution in [1.82, 2.24) is 24.1 Å². The summed E-state index contributed by atoms with van der Waals surface area (Å²) in [6, 6.07) is 79.3. The van der Waals surface area contributed by atoms with Gasteiger partial charge in [0.2, 0.25) is 0 Å². The maximum absolute atomic E-state index is 5.34. The lowest BCUT2D eigenvalue weighted by Crippen LogP contribution is -2.02. The Hall–Kier alpha value is -8.41. The summed E-state index contributed by atoms with van der Waals surface area (Å²) >= 11 is 0. The van der Waals surface area contributed by atoms with Crippen molar-refractivity contribution in [2.45, 2.75) is 0 Å². The van der Waals surface area contributed by atoms with E-state index in [1.807, 2.05) is 24.3 Å². The summed E-state index contributed by atoms with van der Waals surface area (Å²) in [6.07, 6.45) is 0. The number of para-hydroxylation sites is 3. The molecule has 0 aliphatic rings. The molecule has 0 bridgehead atoms. The molecular formula is C57H37N5. The summed E-state index contributed by atoms with van der Waals surface area (Å²) in [6.45, 7) is 0. The Kier molecular flexibility index (Phi) is 8.42. The van der Waals surface area contributed by atoms with Crippen LogP contribution >= 0.6 is 0 Å². The second-order valence-electron chi connectivity index (χ2n) is 15.6. The number of aromatic nitrogens is 5. The molecule has 12 aromatic rings. The first-order valence-corrected chi connectivity index (χ1v) is 20.9. The highest BCUT2D eigenvalue weighted by molar-refractivity contribution is 6.12. The Labute approximate surface area is 358 Å². The third kappa shape index (κ3) is 5.98. The largest absolute Gasteiger partial charge is 0.309 e. The highest BCUT2D eigenvalue weighted by Gasteiger charge is 2.20. The summed E-state index contributed by atoms with van der Waals surface area (Å²) in [5.41, 5.74) is 13.8. The molecule has 0 saturated heterocycles. The van der Waals surface area contributed by atoms with E-state index in [4.69, 9.17) is 15.0 Å². The van der Waals surface area contributed by atoms with Gasteiger partial charge in [-0.05, 0) is 70.8 Å². The van der Waals surface area contributed by atoms with Gasteiger partial charge in [-0.2, -0.15) is 0 Å². The topological polar surface area (TPSA) is 48.5 Å². The van der Waals surface area contributed by atoms with Crippen LogP contribution in [0.2, 0.25) is 0 Å². The molecule has 0 amide bonds. The summed E-state index contributed by atoms with van der Waals surface area (Å²) in [5, 5.41) is 4.85. The van der Waals surface area contributed by atoms with Crippen molar-refractivity contribution in [3.8, 4) is 67.8 Å². The van der Waals surface area contributed by atoms with Crippen LogP contribution in [0.4, 0.5) is 0 Å². The summed E-state index contributed by atoms with van der Waals surface area (Å²) in [7, 11) is 0. The van der Waals surface area contributed by atoms with Crippen LogP contribution < -0.4 is 0 Å². The molecule has 0 N–H and O–H groups in total. The quantitative estimate of drug-likeness (QED) is 0.162. The van der Waals surface area contributed by atoms with Gasteiger partial charge in [0.05, 0.1) is 22.1 Å². The van der Waals surface area contributed by atoms with E-state index in [9.17, 15) is 0 Å². The van der Waals surface area contributed by atoms with Gasteiger partial charge in [0, 0.05) is 49.6 Å². The standard InChI is InChI=1S/C57H37N5/c1-4-18-38(19-5-1)41-34-42(56-58-55(40-22-8-3-9-23-40)59-57(60-56)50-28-11-10-24-45(50)39-20-6-2-7-21-39)36-44(35-41)62-53-31-17-14-27-48(53)49-33-32-43(37-54(49)62)61-51-29-15-12-25-46(51)47-26-13-16-30-52(47)61/h1-37H. The molecule has 0 atom stereocenters. The molecule has 0 aliphatic carbocycles. The van der Waals surface area contributed by atoms with Crippen molar-refractivity contribution in [3.05, 3.63) is 224 Å². The third-order valence-corrected chi connectivity index (χ3v) is 12.0. The fourth-order valence-electron chi connectivity index (χ4n) is 9.13. The van der Waals surface area contributed by atoms with Gasteiger partial charge in [-0.1, -0.05) is 176 Å². The van der Waals surface area contributed by atoms with E-state index in [0.29, 0.717) is 17.5 Å². The molecule has 0 aliphatic heterocycles. The molecule has 0 fully saturated rings. The fourth-order valence-corrected chi connectivity index (χ4v) is 9.13. The maximum Gasteiger partial charge on any atom is 0.164 e. The average molecular weight is 792 g/mol. The molecule has 3 aromatic heterocycles. The first kappa shape index (κ1) is 35.5. The van der Waals surface area contributed by atoms with Crippen LogP contribution in [0.1, 0.15) is 0 Å². The SMILES string of the molecule is c1ccc(-c2cc(-c3nc(-c4ccccc4)nc(-c4ccccc4-c4ccccc4)n3)cc(-n3c4ccccc4c4ccc(-n5c6ccccc6c6ccccc65)cc43)c2)cc1. The first-order chi connectivity index (χ1) is 30.7. The monoisotopic (exact) mass is 791 g/mol. The third-order valence-electron chi connectivity index (χ3n) is 12.0. The highest BCUT2D eigenvalue weighted by atomic mass is 15.0. The first-order valence-electron chi connectivity index (χ1n) is 20.9. The van der Waals surface area contributed by atoms with E-state index >= 15 is 0 Å². The number of fused-ring (bicyclic) bond motifs is 6. The lowest BCUT2D eigenvalue weighted by Gasteiger charge is -2.15. The van der Waals surface area contributed by atoms with Crippen molar-refractivity contribution >= 4 is 43.6 Å². The van der Waals surface area contributed by atoms with Gasteiger partial charge >= 0.3 is 0 Å². The van der Waals surface area contributed by atoms with E-state index in [2.05, 4.69) is 209 Å². The minimum Gasteiger partial charge on any atom is -0.309 e. The fraction of sp³-hybridized carbons (Fsp3) is 0. The van der Waals surface area contributed by atoms with E-state index in [1.54, 1.807) is 0 Å². The molecule has 0 saturated carbocycles. The molecule has 290 valence electrons. The summed E-state index contributed by atoms with van der Waals surface area (Å²) in [4.78, 5) is 15.8. The van der Waals surface area contributed by atoms with Gasteiger partial charge in [0.15, 0.2) is 17.5 Å². The molecule has 0 spiro atoms. The summed E-state index contributed by atoms with van der Waals surface area (Å²) < 4.78 is 4.80. The number of benzene rings is 9. The van der Waals surface area contributed by atoms with E-state index in [0.717, 1.165) is 61.4 Å². The zero-order chi connectivity index (χ0) is 41.0. The van der Waals surface area contributed by atoms with Crippen LogP contribution in [0, 0.1) is 0 Å². The summed E-state index contributed by atoms with van der Waals surface area (Å²) in [5.74, 6) is 1.84. The zero-order valence-electron chi connectivity index (χ0n) is 33.6. The van der Waals surface area contributed by atoms with Crippen LogP contribution in [0.5, 0.6) is 0 Å². The van der Waals surface area contributed by atoms with E-state index in [1.165, 1.54) is 32.6 Å². The smallest absolute Gasteiger partial charge is 0.164 e. The van der Waals surface area contributed by atoms with Crippen LogP contribution in [-0.2, 0) is 0 Å². The van der Waals surface area contributed by atoms with Gasteiger partial charge in [0.25, 0.3) is 0 Å². The molecule has 12 rings (SSSR count). The van der Waals surface area contributed by atoms with Crippen LogP contribution in [0.25, 0.3) is 111 Å². The van der Waals surface area contributed by atoms with Gasteiger partial charge in [-0.15, -0.1) is 0 Å². The Morgan fingerprint density at radius 3 is 1.29 bits per heavy atom. The lowest BCUT2D eigenvalue weighted by atomic mass is 9.99. The molecule has 0 unspecified atom stereocenters. The van der Waals surface area contributed by atoms with E-state index < -0.39 is 0 Å². The van der Waals surface area contributed by atoms with Crippen LogP contribution in [0.3, 0.4) is 0 Å². The Morgan fingerprint density at radius 2 is 0.677 bits per heavy atom. The molecular weight excluding hydrogens is 755 g/mol. The maximum atomic E-state index is 5.34. The molecule has 9 aromatic carbocycles. The molecule has 0 radical (unpaired) electrons. The van der Waals surface area contributed by atoms with Crippen molar-refractivity contribution in [2.24, 2.45) is 0 Å². The van der Waals surface area contributed by atoms with Gasteiger partial charge in [-0.25, -0.2) is 15.0 Å². The van der Waals surface area contributed by atoms with Crippen LogP contribution in [-0.4, -0.2) is 24.1 Å².